The molecule has 1 aliphatic rings. The Bertz CT molecular complexity index is 968. The van der Waals surface area contributed by atoms with Crippen LogP contribution in [-0.2, 0) is 9.59 Å². The number of anilines is 3. The second kappa shape index (κ2) is 8.52. The predicted molar refractivity (Wildman–Crippen MR) is 115 cm³/mol. The maximum atomic E-state index is 13.1. The van der Waals surface area contributed by atoms with E-state index in [4.69, 9.17) is 16.9 Å². The molecule has 0 spiro atoms. The second-order valence-corrected chi connectivity index (χ2v) is 7.93. The number of hydrogen-bond donors (Lipinski definition) is 4. The summed E-state index contributed by atoms with van der Waals surface area (Å²) < 4.78 is 1.89. The molecule has 160 valence electrons. The number of nitrogens with one attached hydrogen (secondary N) is 2. The van der Waals surface area contributed by atoms with E-state index in [1.54, 1.807) is 11.1 Å². The van der Waals surface area contributed by atoms with Gasteiger partial charge in [0, 0.05) is 25.0 Å². The highest BCUT2D eigenvalue weighted by atomic mass is 16.2. The van der Waals surface area contributed by atoms with Gasteiger partial charge < -0.3 is 27.1 Å². The molecule has 10 nitrogen and oxygen atoms in total. The maximum Gasteiger partial charge on any atom is 0.314 e. The average molecular weight is 412 g/mol. The van der Waals surface area contributed by atoms with Gasteiger partial charge in [0.05, 0.1) is 34.9 Å². The van der Waals surface area contributed by atoms with Crippen molar-refractivity contribution < 1.29 is 9.59 Å². The van der Waals surface area contributed by atoms with Gasteiger partial charge >= 0.3 is 11.8 Å². The monoisotopic (exact) mass is 412 g/mol. The van der Waals surface area contributed by atoms with Gasteiger partial charge in [-0.2, -0.15) is 5.10 Å². The summed E-state index contributed by atoms with van der Waals surface area (Å²) in [6.45, 7) is 6.59. The molecule has 0 saturated carbocycles. The molecule has 0 bridgehead atoms. The first kappa shape index (κ1) is 21.3. The third-order valence-corrected chi connectivity index (χ3v) is 5.39. The van der Waals surface area contributed by atoms with Gasteiger partial charge in [0.25, 0.3) is 0 Å². The van der Waals surface area contributed by atoms with E-state index < -0.39 is 11.8 Å². The lowest BCUT2D eigenvalue weighted by atomic mass is 9.92. The van der Waals surface area contributed by atoms with Crippen molar-refractivity contribution >= 4 is 35.2 Å². The number of aromatic nitrogens is 3. The number of piperidine rings is 1. The van der Waals surface area contributed by atoms with Gasteiger partial charge in [0.2, 0.25) is 0 Å². The van der Waals surface area contributed by atoms with Gasteiger partial charge in [-0.3, -0.25) is 14.3 Å². The van der Waals surface area contributed by atoms with Gasteiger partial charge in [-0.15, -0.1) is 0 Å². The molecule has 1 saturated heterocycles. The number of pyridine rings is 1. The Morgan fingerprint density at radius 1 is 1.33 bits per heavy atom. The molecule has 0 radical (unpaired) electrons. The van der Waals surface area contributed by atoms with E-state index in [1.807, 2.05) is 24.6 Å². The van der Waals surface area contributed by atoms with Gasteiger partial charge in [-0.25, -0.2) is 4.98 Å². The Morgan fingerprint density at radius 3 is 2.73 bits per heavy atom. The minimum absolute atomic E-state index is 0.0821. The molecule has 2 unspecified atom stereocenters. The first-order chi connectivity index (χ1) is 14.2. The first-order valence-corrected chi connectivity index (χ1v) is 9.94. The molecule has 3 heterocycles. The molecule has 2 atom stereocenters. The molecular weight excluding hydrogens is 384 g/mol. The standard InChI is InChI=1S/C20H28N8O2/c1-11(2)28-16(6-7-25-28)15-5-4-12(3)10-27(15)20(30)19(29)26-14-9-24-18(23)13(8-21)17(14)22/h6-9,11-12,15,21H,4-5,10H2,1-3H3,(H,26,29)(H4,22,23,24). The lowest BCUT2D eigenvalue weighted by Crippen LogP contribution is -2.47. The zero-order chi connectivity index (χ0) is 22.0. The van der Waals surface area contributed by atoms with Crippen molar-refractivity contribution in [2.45, 2.75) is 45.7 Å². The van der Waals surface area contributed by atoms with Crippen LogP contribution < -0.4 is 16.8 Å². The van der Waals surface area contributed by atoms with E-state index in [-0.39, 0.29) is 40.8 Å². The Labute approximate surface area is 175 Å². The average Bonchev–Trinajstić information content (AvgIpc) is 3.20. The van der Waals surface area contributed by atoms with Crippen molar-refractivity contribution in [1.29, 1.82) is 5.41 Å². The predicted octanol–water partition coefficient (Wildman–Crippen LogP) is 1.96. The van der Waals surface area contributed by atoms with Crippen LogP contribution in [0.5, 0.6) is 0 Å². The molecule has 1 aliphatic heterocycles. The highest BCUT2D eigenvalue weighted by Crippen LogP contribution is 2.34. The molecule has 0 aliphatic carbocycles. The number of carbonyl (C=O) groups is 2. The van der Waals surface area contributed by atoms with Crippen LogP contribution in [0.1, 0.15) is 57.0 Å². The number of nitrogen functional groups attached to an aromatic ring is 2. The van der Waals surface area contributed by atoms with E-state index in [1.165, 1.54) is 6.20 Å². The third-order valence-electron chi connectivity index (χ3n) is 5.39. The Hall–Kier alpha value is -3.43. The van der Waals surface area contributed by atoms with E-state index in [0.29, 0.717) is 6.54 Å². The topological polar surface area (TPSA) is 156 Å². The summed E-state index contributed by atoms with van der Waals surface area (Å²) in [5, 5.41) is 14.3. The van der Waals surface area contributed by atoms with Crippen LogP contribution in [0.3, 0.4) is 0 Å². The summed E-state index contributed by atoms with van der Waals surface area (Å²) >= 11 is 0. The van der Waals surface area contributed by atoms with Crippen molar-refractivity contribution in [2.24, 2.45) is 5.92 Å². The molecule has 2 aromatic rings. The molecule has 1 fully saturated rings. The van der Waals surface area contributed by atoms with Crippen molar-refractivity contribution in [3.8, 4) is 0 Å². The van der Waals surface area contributed by atoms with Crippen LogP contribution in [0, 0.1) is 11.3 Å². The van der Waals surface area contributed by atoms with Crippen LogP contribution in [0.2, 0.25) is 0 Å². The fraction of sp³-hybridized carbons (Fsp3) is 0.450. The zero-order valence-corrected chi connectivity index (χ0v) is 17.4. The number of carbonyl (C=O) groups excluding carboxylic acids is 2. The van der Waals surface area contributed by atoms with Gasteiger partial charge in [0.15, 0.2) is 0 Å². The smallest absolute Gasteiger partial charge is 0.314 e. The highest BCUT2D eigenvalue weighted by molar-refractivity contribution is 6.40. The van der Waals surface area contributed by atoms with E-state index >= 15 is 0 Å². The third kappa shape index (κ3) is 3.98. The van der Waals surface area contributed by atoms with E-state index in [2.05, 4.69) is 22.3 Å². The molecule has 6 N–H and O–H groups in total. The van der Waals surface area contributed by atoms with Crippen LogP contribution in [0.4, 0.5) is 17.2 Å². The number of amides is 2. The minimum Gasteiger partial charge on any atom is -0.396 e. The first-order valence-electron chi connectivity index (χ1n) is 9.94. The van der Waals surface area contributed by atoms with Crippen molar-refractivity contribution in [2.75, 3.05) is 23.3 Å². The van der Waals surface area contributed by atoms with Crippen LogP contribution in [0.15, 0.2) is 18.5 Å². The summed E-state index contributed by atoms with van der Waals surface area (Å²) in [4.78, 5) is 31.5. The van der Waals surface area contributed by atoms with Crippen molar-refractivity contribution in [3.63, 3.8) is 0 Å². The molecule has 10 heteroatoms. The Balaban J connectivity index is 1.86. The SMILES string of the molecule is CC1CCC(c2ccnn2C(C)C)N(C(=O)C(=O)Nc2cnc(N)c(C=N)c2N)C1. The lowest BCUT2D eigenvalue weighted by molar-refractivity contribution is -0.146. The lowest BCUT2D eigenvalue weighted by Gasteiger charge is -2.38. The molecule has 0 aromatic carbocycles. The number of likely N-dealkylation sites (tertiary alicyclic amines) is 1. The molecule has 2 aromatic heterocycles. The summed E-state index contributed by atoms with van der Waals surface area (Å²) in [6.07, 6.45) is 5.67. The molecule has 30 heavy (non-hydrogen) atoms. The summed E-state index contributed by atoms with van der Waals surface area (Å²) in [6, 6.07) is 1.81. The molecular formula is C20H28N8O2. The number of rotatable bonds is 4. The summed E-state index contributed by atoms with van der Waals surface area (Å²) in [5.41, 5.74) is 13.0. The largest absolute Gasteiger partial charge is 0.396 e. The maximum absolute atomic E-state index is 13.1. The summed E-state index contributed by atoms with van der Waals surface area (Å²) in [5.74, 6) is -1.09. The normalized spacial score (nSPS) is 19.0. The number of nitrogens with zero attached hydrogens (tertiary/aromatic N) is 4. The summed E-state index contributed by atoms with van der Waals surface area (Å²) in [7, 11) is 0. The van der Waals surface area contributed by atoms with Crippen LogP contribution >= 0.6 is 0 Å². The highest BCUT2D eigenvalue weighted by Gasteiger charge is 2.36. The van der Waals surface area contributed by atoms with Gasteiger partial charge in [0.1, 0.15) is 5.82 Å². The van der Waals surface area contributed by atoms with Crippen molar-refractivity contribution in [3.05, 3.63) is 29.7 Å². The van der Waals surface area contributed by atoms with Crippen LogP contribution in [0.25, 0.3) is 0 Å². The quantitative estimate of drug-likeness (QED) is 0.444. The van der Waals surface area contributed by atoms with Crippen LogP contribution in [-0.4, -0.2) is 44.2 Å². The Kier molecular flexibility index (Phi) is 6.04. The van der Waals surface area contributed by atoms with E-state index in [0.717, 1.165) is 24.8 Å². The minimum atomic E-state index is -0.807. The van der Waals surface area contributed by atoms with E-state index in [9.17, 15) is 9.59 Å². The van der Waals surface area contributed by atoms with Gasteiger partial charge in [-0.1, -0.05) is 6.92 Å². The molecule has 2 amide bonds. The molecule has 3 rings (SSSR count). The van der Waals surface area contributed by atoms with Crippen molar-refractivity contribution in [1.82, 2.24) is 19.7 Å². The fourth-order valence-corrected chi connectivity index (χ4v) is 3.82. The Morgan fingerprint density at radius 2 is 2.07 bits per heavy atom. The zero-order valence-electron chi connectivity index (χ0n) is 17.4. The fourth-order valence-electron chi connectivity index (χ4n) is 3.82. The number of hydrogen-bond acceptors (Lipinski definition) is 7. The van der Waals surface area contributed by atoms with Gasteiger partial charge in [-0.05, 0) is 38.7 Å². The second-order valence-electron chi connectivity index (χ2n) is 7.93. The number of nitrogens with two attached hydrogens (primary N) is 2.